The highest BCUT2D eigenvalue weighted by molar-refractivity contribution is 6.31. The Labute approximate surface area is 138 Å². The molecule has 6 heteroatoms. The quantitative estimate of drug-likeness (QED) is 0.841. The number of carbonyl (C=O) groups is 1. The Morgan fingerprint density at radius 1 is 1.43 bits per heavy atom. The van der Waals surface area contributed by atoms with Crippen molar-refractivity contribution < 1.29 is 4.79 Å². The van der Waals surface area contributed by atoms with E-state index in [9.17, 15) is 4.79 Å². The summed E-state index contributed by atoms with van der Waals surface area (Å²) in [6.45, 7) is 7.80. The third-order valence-electron chi connectivity index (χ3n) is 3.14. The zero-order valence-corrected chi connectivity index (χ0v) is 14.6. The Bertz CT molecular complexity index is 478. The van der Waals surface area contributed by atoms with Gasteiger partial charge in [0, 0.05) is 17.3 Å². The van der Waals surface area contributed by atoms with Gasteiger partial charge in [-0.05, 0) is 43.6 Å². The first-order valence-corrected chi connectivity index (χ1v) is 7.06. The van der Waals surface area contributed by atoms with Crippen LogP contribution in [0.1, 0.15) is 19.4 Å². The minimum atomic E-state index is -0.0503. The monoisotopic (exact) mass is 333 g/mol. The van der Waals surface area contributed by atoms with Gasteiger partial charge in [-0.2, -0.15) is 0 Å². The molecule has 0 radical (unpaired) electrons. The van der Waals surface area contributed by atoms with E-state index in [-0.39, 0.29) is 23.7 Å². The van der Waals surface area contributed by atoms with E-state index in [0.717, 1.165) is 17.8 Å². The van der Waals surface area contributed by atoms with Crippen LogP contribution in [-0.2, 0) is 4.79 Å². The Morgan fingerprint density at radius 2 is 2.05 bits per heavy atom. The van der Waals surface area contributed by atoms with Gasteiger partial charge in [0.05, 0.1) is 6.54 Å². The van der Waals surface area contributed by atoms with Gasteiger partial charge in [-0.3, -0.25) is 9.69 Å². The first kappa shape index (κ1) is 20.2. The van der Waals surface area contributed by atoms with Crippen molar-refractivity contribution in [1.82, 2.24) is 4.90 Å². The molecule has 1 amide bonds. The van der Waals surface area contributed by atoms with Gasteiger partial charge in [-0.15, -0.1) is 12.4 Å². The number of halogens is 2. The molecule has 0 fully saturated rings. The standard InChI is InChI=1S/C15H24ClN3O.ClH/c1-11-5-6-12(16)7-13(11)18-14(20)8-19(4)10-15(2,3)9-17;/h5-7H,8-10,17H2,1-4H3,(H,18,20);1H. The van der Waals surface area contributed by atoms with Gasteiger partial charge in [0.15, 0.2) is 0 Å². The van der Waals surface area contributed by atoms with Crippen LogP contribution >= 0.6 is 24.0 Å². The average molecular weight is 334 g/mol. The molecule has 0 aliphatic rings. The fourth-order valence-corrected chi connectivity index (χ4v) is 2.19. The third-order valence-corrected chi connectivity index (χ3v) is 3.37. The molecular weight excluding hydrogens is 309 g/mol. The van der Waals surface area contributed by atoms with Crippen LogP contribution in [0.3, 0.4) is 0 Å². The number of hydrogen-bond acceptors (Lipinski definition) is 3. The van der Waals surface area contributed by atoms with Crippen molar-refractivity contribution in [3.63, 3.8) is 0 Å². The molecule has 0 atom stereocenters. The van der Waals surface area contributed by atoms with Crippen molar-refractivity contribution in [2.24, 2.45) is 11.1 Å². The van der Waals surface area contributed by atoms with E-state index < -0.39 is 0 Å². The fourth-order valence-electron chi connectivity index (χ4n) is 2.01. The summed E-state index contributed by atoms with van der Waals surface area (Å²) in [5.74, 6) is -0.0503. The Kier molecular flexibility index (Phi) is 8.26. The molecule has 0 aliphatic carbocycles. The van der Waals surface area contributed by atoms with Crippen molar-refractivity contribution in [2.45, 2.75) is 20.8 Å². The molecule has 1 rings (SSSR count). The van der Waals surface area contributed by atoms with Gasteiger partial charge >= 0.3 is 0 Å². The SMILES string of the molecule is Cc1ccc(Cl)cc1NC(=O)CN(C)CC(C)(C)CN.Cl. The molecule has 3 N–H and O–H groups in total. The van der Waals surface area contributed by atoms with Crippen LogP contribution in [0.15, 0.2) is 18.2 Å². The van der Waals surface area contributed by atoms with Crippen LogP contribution in [0.5, 0.6) is 0 Å². The number of rotatable bonds is 6. The van der Waals surface area contributed by atoms with E-state index in [1.165, 1.54) is 0 Å². The maximum Gasteiger partial charge on any atom is 0.238 e. The number of aryl methyl sites for hydroxylation is 1. The first-order chi connectivity index (χ1) is 9.23. The number of nitrogens with zero attached hydrogens (tertiary/aromatic N) is 1. The van der Waals surface area contributed by atoms with Gasteiger partial charge in [-0.25, -0.2) is 0 Å². The molecular formula is C15H25Cl2N3O. The summed E-state index contributed by atoms with van der Waals surface area (Å²) in [6, 6.07) is 5.46. The van der Waals surface area contributed by atoms with E-state index in [2.05, 4.69) is 19.2 Å². The molecule has 21 heavy (non-hydrogen) atoms. The highest BCUT2D eigenvalue weighted by Crippen LogP contribution is 2.20. The van der Waals surface area contributed by atoms with Crippen molar-refractivity contribution in [1.29, 1.82) is 0 Å². The smallest absolute Gasteiger partial charge is 0.238 e. The van der Waals surface area contributed by atoms with Crippen LogP contribution < -0.4 is 11.1 Å². The number of anilines is 1. The van der Waals surface area contributed by atoms with E-state index in [4.69, 9.17) is 17.3 Å². The van der Waals surface area contributed by atoms with Gasteiger partial charge in [0.2, 0.25) is 5.91 Å². The summed E-state index contributed by atoms with van der Waals surface area (Å²) < 4.78 is 0. The van der Waals surface area contributed by atoms with Gasteiger partial charge in [0.25, 0.3) is 0 Å². The van der Waals surface area contributed by atoms with Crippen molar-refractivity contribution in [3.05, 3.63) is 28.8 Å². The second-order valence-corrected chi connectivity index (χ2v) is 6.48. The Balaban J connectivity index is 0.00000400. The lowest BCUT2D eigenvalue weighted by Crippen LogP contribution is -2.40. The van der Waals surface area contributed by atoms with Crippen LogP contribution in [0.25, 0.3) is 0 Å². The molecule has 0 aliphatic heterocycles. The molecule has 0 bridgehead atoms. The van der Waals surface area contributed by atoms with E-state index in [1.807, 2.05) is 31.0 Å². The molecule has 0 aromatic heterocycles. The number of nitrogens with one attached hydrogen (secondary N) is 1. The van der Waals surface area contributed by atoms with E-state index >= 15 is 0 Å². The summed E-state index contributed by atoms with van der Waals surface area (Å²) in [6.07, 6.45) is 0. The fraction of sp³-hybridized carbons (Fsp3) is 0.533. The third kappa shape index (κ3) is 7.14. The van der Waals surface area contributed by atoms with Crippen LogP contribution in [0.2, 0.25) is 5.02 Å². The highest BCUT2D eigenvalue weighted by Gasteiger charge is 2.19. The van der Waals surface area contributed by atoms with Gasteiger partial charge < -0.3 is 11.1 Å². The van der Waals surface area contributed by atoms with Gasteiger partial charge in [0.1, 0.15) is 0 Å². The van der Waals surface area contributed by atoms with E-state index in [0.29, 0.717) is 18.1 Å². The Hall–Kier alpha value is -0.810. The second-order valence-electron chi connectivity index (χ2n) is 6.05. The summed E-state index contributed by atoms with van der Waals surface area (Å²) in [5, 5.41) is 3.50. The zero-order valence-electron chi connectivity index (χ0n) is 13.1. The molecule has 0 saturated heterocycles. The number of likely N-dealkylation sites (N-methyl/N-ethyl adjacent to an activating group) is 1. The minimum absolute atomic E-state index is 0. The van der Waals surface area contributed by atoms with Crippen molar-refractivity contribution >= 4 is 35.6 Å². The summed E-state index contributed by atoms with van der Waals surface area (Å²) in [7, 11) is 1.92. The number of benzene rings is 1. The Morgan fingerprint density at radius 3 is 2.62 bits per heavy atom. The normalized spacial score (nSPS) is 11.2. The summed E-state index contributed by atoms with van der Waals surface area (Å²) in [5.41, 5.74) is 7.46. The maximum atomic E-state index is 12.0. The second kappa shape index (κ2) is 8.59. The first-order valence-electron chi connectivity index (χ1n) is 6.68. The predicted octanol–water partition coefficient (Wildman–Crippen LogP) is 2.93. The van der Waals surface area contributed by atoms with Gasteiger partial charge in [-0.1, -0.05) is 31.5 Å². The topological polar surface area (TPSA) is 58.4 Å². The summed E-state index contributed by atoms with van der Waals surface area (Å²) in [4.78, 5) is 14.0. The zero-order chi connectivity index (χ0) is 15.3. The van der Waals surface area contributed by atoms with E-state index in [1.54, 1.807) is 6.07 Å². The number of hydrogen-bond donors (Lipinski definition) is 2. The lowest BCUT2D eigenvalue weighted by atomic mass is 9.93. The lowest BCUT2D eigenvalue weighted by Gasteiger charge is -2.28. The molecule has 4 nitrogen and oxygen atoms in total. The lowest BCUT2D eigenvalue weighted by molar-refractivity contribution is -0.117. The number of carbonyl (C=O) groups excluding carboxylic acids is 1. The maximum absolute atomic E-state index is 12.0. The van der Waals surface area contributed by atoms with Crippen LogP contribution in [-0.4, -0.2) is 37.5 Å². The number of amides is 1. The predicted molar refractivity (Wildman–Crippen MR) is 92.4 cm³/mol. The van der Waals surface area contributed by atoms with Crippen LogP contribution in [0.4, 0.5) is 5.69 Å². The molecule has 1 aromatic carbocycles. The molecule has 0 unspecified atom stereocenters. The molecule has 1 aromatic rings. The molecule has 0 saturated carbocycles. The van der Waals surface area contributed by atoms with Crippen molar-refractivity contribution in [2.75, 3.05) is 32.0 Å². The summed E-state index contributed by atoms with van der Waals surface area (Å²) >= 11 is 5.94. The molecule has 0 heterocycles. The number of nitrogens with two attached hydrogens (primary N) is 1. The molecule has 120 valence electrons. The van der Waals surface area contributed by atoms with Crippen LogP contribution in [0, 0.1) is 12.3 Å². The van der Waals surface area contributed by atoms with Crippen molar-refractivity contribution in [3.8, 4) is 0 Å². The average Bonchev–Trinajstić information content (AvgIpc) is 2.33. The largest absolute Gasteiger partial charge is 0.330 e. The molecule has 0 spiro atoms. The highest BCUT2D eigenvalue weighted by atomic mass is 35.5. The minimum Gasteiger partial charge on any atom is -0.330 e.